The Morgan fingerprint density at radius 3 is 2.62 bits per heavy atom. The van der Waals surface area contributed by atoms with Crippen LogP contribution in [0, 0.1) is 6.92 Å². The third-order valence-electron chi connectivity index (χ3n) is 2.72. The van der Waals surface area contributed by atoms with Crippen molar-refractivity contribution in [1.82, 2.24) is 4.90 Å². The fourth-order valence-corrected chi connectivity index (χ4v) is 1.64. The molecule has 1 rings (SSSR count). The first-order valence-electron chi connectivity index (χ1n) is 5.24. The first kappa shape index (κ1) is 12.7. The Kier molecular flexibility index (Phi) is 4.46. The van der Waals surface area contributed by atoms with Crippen LogP contribution in [0.2, 0.25) is 0 Å². The van der Waals surface area contributed by atoms with Crippen molar-refractivity contribution >= 4 is 5.97 Å². The number of rotatable bonds is 5. The van der Waals surface area contributed by atoms with Crippen LogP contribution >= 0.6 is 0 Å². The van der Waals surface area contributed by atoms with E-state index in [0.717, 1.165) is 11.1 Å². The van der Waals surface area contributed by atoms with E-state index in [2.05, 4.69) is 0 Å². The molecule has 0 aliphatic carbocycles. The number of nitrogens with two attached hydrogens (primary N) is 1. The van der Waals surface area contributed by atoms with Crippen molar-refractivity contribution in [1.29, 1.82) is 0 Å². The summed E-state index contributed by atoms with van der Waals surface area (Å²) in [5.74, 6) is -0.876. The van der Waals surface area contributed by atoms with Gasteiger partial charge in [0.25, 0.3) is 0 Å². The molecule has 0 heterocycles. The Labute approximate surface area is 95.7 Å². The minimum atomic E-state index is -0.876. The van der Waals surface area contributed by atoms with Crippen LogP contribution in [0.1, 0.15) is 11.1 Å². The minimum Gasteiger partial charge on any atom is -0.480 e. The topological polar surface area (TPSA) is 66.6 Å². The van der Waals surface area contributed by atoms with Gasteiger partial charge in [0.1, 0.15) is 6.04 Å². The number of nitrogens with zero attached hydrogens (tertiary/aromatic N) is 1. The third-order valence-corrected chi connectivity index (χ3v) is 2.72. The Balaban J connectivity index is 2.74. The third kappa shape index (κ3) is 3.05. The monoisotopic (exact) mass is 222 g/mol. The van der Waals surface area contributed by atoms with Gasteiger partial charge < -0.3 is 10.8 Å². The van der Waals surface area contributed by atoms with Gasteiger partial charge in [-0.05, 0) is 25.1 Å². The van der Waals surface area contributed by atoms with E-state index < -0.39 is 12.0 Å². The van der Waals surface area contributed by atoms with Gasteiger partial charge in [0.2, 0.25) is 0 Å². The lowest BCUT2D eigenvalue weighted by molar-refractivity contribution is -0.142. The molecule has 0 spiro atoms. The van der Waals surface area contributed by atoms with Crippen LogP contribution in [0.4, 0.5) is 0 Å². The smallest absolute Gasteiger partial charge is 0.322 e. The maximum absolute atomic E-state index is 10.9. The zero-order valence-corrected chi connectivity index (χ0v) is 9.68. The maximum Gasteiger partial charge on any atom is 0.322 e. The van der Waals surface area contributed by atoms with Crippen molar-refractivity contribution in [3.05, 3.63) is 35.4 Å². The lowest BCUT2D eigenvalue weighted by atomic mass is 10.1. The second-order valence-electron chi connectivity index (χ2n) is 3.93. The van der Waals surface area contributed by atoms with Crippen molar-refractivity contribution < 1.29 is 9.90 Å². The first-order valence-corrected chi connectivity index (χ1v) is 5.24. The van der Waals surface area contributed by atoms with Crippen LogP contribution in [0.25, 0.3) is 0 Å². The lowest BCUT2D eigenvalue weighted by Gasteiger charge is -2.23. The Bertz CT molecular complexity index is 366. The van der Waals surface area contributed by atoms with E-state index in [9.17, 15) is 4.79 Å². The van der Waals surface area contributed by atoms with Crippen LogP contribution in [0.3, 0.4) is 0 Å². The molecule has 0 saturated carbocycles. The molecule has 0 saturated heterocycles. The molecule has 0 radical (unpaired) electrons. The van der Waals surface area contributed by atoms with Gasteiger partial charge in [0.15, 0.2) is 0 Å². The molecule has 1 unspecified atom stereocenters. The van der Waals surface area contributed by atoms with E-state index in [1.807, 2.05) is 31.2 Å². The van der Waals surface area contributed by atoms with Crippen LogP contribution in [-0.4, -0.2) is 35.6 Å². The summed E-state index contributed by atoms with van der Waals surface area (Å²) >= 11 is 0. The molecule has 4 heteroatoms. The number of carboxylic acid groups (broad SMARTS) is 1. The highest BCUT2D eigenvalue weighted by atomic mass is 16.4. The quantitative estimate of drug-likeness (QED) is 0.774. The summed E-state index contributed by atoms with van der Waals surface area (Å²) < 4.78 is 0. The second kappa shape index (κ2) is 5.63. The predicted molar refractivity (Wildman–Crippen MR) is 63.1 cm³/mol. The molecule has 1 aromatic carbocycles. The summed E-state index contributed by atoms with van der Waals surface area (Å²) in [6, 6.07) is 7.31. The number of carboxylic acids is 1. The summed E-state index contributed by atoms with van der Waals surface area (Å²) in [6.07, 6.45) is 0. The average Bonchev–Trinajstić information content (AvgIpc) is 2.22. The van der Waals surface area contributed by atoms with Crippen LogP contribution in [0.15, 0.2) is 24.3 Å². The van der Waals surface area contributed by atoms with E-state index in [-0.39, 0.29) is 6.54 Å². The average molecular weight is 222 g/mol. The van der Waals surface area contributed by atoms with Gasteiger partial charge in [0, 0.05) is 13.1 Å². The number of hydrogen-bond donors (Lipinski definition) is 2. The number of benzene rings is 1. The summed E-state index contributed by atoms with van der Waals surface area (Å²) in [5.41, 5.74) is 7.74. The lowest BCUT2D eigenvalue weighted by Crippen LogP contribution is -2.43. The van der Waals surface area contributed by atoms with E-state index in [0.29, 0.717) is 6.54 Å². The molecule has 0 amide bonds. The van der Waals surface area contributed by atoms with Crippen LogP contribution in [-0.2, 0) is 11.3 Å². The van der Waals surface area contributed by atoms with Gasteiger partial charge in [-0.3, -0.25) is 9.69 Å². The Morgan fingerprint density at radius 2 is 2.12 bits per heavy atom. The van der Waals surface area contributed by atoms with Crippen molar-refractivity contribution in [2.24, 2.45) is 5.73 Å². The molecule has 4 nitrogen and oxygen atoms in total. The summed E-state index contributed by atoms with van der Waals surface area (Å²) in [4.78, 5) is 12.7. The summed E-state index contributed by atoms with van der Waals surface area (Å²) in [5, 5.41) is 8.97. The molecule has 0 fully saturated rings. The molecule has 0 bridgehead atoms. The molecule has 0 aromatic heterocycles. The molecule has 0 aliphatic rings. The Hall–Kier alpha value is -1.39. The largest absolute Gasteiger partial charge is 0.480 e. The summed E-state index contributed by atoms with van der Waals surface area (Å²) in [7, 11) is 1.78. The highest BCUT2D eigenvalue weighted by Crippen LogP contribution is 2.11. The molecule has 3 N–H and O–H groups in total. The normalized spacial score (nSPS) is 12.8. The van der Waals surface area contributed by atoms with Gasteiger partial charge in [-0.2, -0.15) is 0 Å². The fourth-order valence-electron chi connectivity index (χ4n) is 1.64. The van der Waals surface area contributed by atoms with Crippen molar-refractivity contribution in [3.63, 3.8) is 0 Å². The number of hydrogen-bond acceptors (Lipinski definition) is 3. The van der Waals surface area contributed by atoms with E-state index in [1.54, 1.807) is 11.9 Å². The highest BCUT2D eigenvalue weighted by Gasteiger charge is 2.20. The number of aliphatic carboxylic acids is 1. The van der Waals surface area contributed by atoms with Crippen molar-refractivity contribution in [3.8, 4) is 0 Å². The van der Waals surface area contributed by atoms with E-state index in [4.69, 9.17) is 10.8 Å². The van der Waals surface area contributed by atoms with E-state index in [1.165, 1.54) is 0 Å². The molecular formula is C12H18N2O2. The fraction of sp³-hybridized carbons (Fsp3) is 0.417. The van der Waals surface area contributed by atoms with Crippen molar-refractivity contribution in [2.75, 3.05) is 13.6 Å². The van der Waals surface area contributed by atoms with Gasteiger partial charge in [-0.1, -0.05) is 24.3 Å². The molecule has 1 atom stereocenters. The first-order chi connectivity index (χ1) is 7.56. The molecule has 0 aliphatic heterocycles. The van der Waals surface area contributed by atoms with Gasteiger partial charge >= 0.3 is 5.97 Å². The van der Waals surface area contributed by atoms with Gasteiger partial charge in [-0.25, -0.2) is 0 Å². The van der Waals surface area contributed by atoms with Crippen LogP contribution < -0.4 is 5.73 Å². The zero-order valence-electron chi connectivity index (χ0n) is 9.68. The second-order valence-corrected chi connectivity index (χ2v) is 3.93. The molecular weight excluding hydrogens is 204 g/mol. The van der Waals surface area contributed by atoms with Gasteiger partial charge in [-0.15, -0.1) is 0 Å². The number of carbonyl (C=O) groups is 1. The number of likely N-dealkylation sites (N-methyl/N-ethyl adjacent to an activating group) is 1. The standard InChI is InChI=1S/C12H18N2O2/c1-9-5-3-4-6-10(9)8-14(2)11(7-13)12(15)16/h3-6,11H,7-8,13H2,1-2H3,(H,15,16). The van der Waals surface area contributed by atoms with E-state index >= 15 is 0 Å². The van der Waals surface area contributed by atoms with Gasteiger partial charge in [0.05, 0.1) is 0 Å². The molecule has 88 valence electrons. The maximum atomic E-state index is 10.9. The minimum absolute atomic E-state index is 0.123. The summed E-state index contributed by atoms with van der Waals surface area (Å²) in [6.45, 7) is 2.74. The number of aryl methyl sites for hydroxylation is 1. The molecule has 1 aromatic rings. The molecule has 16 heavy (non-hydrogen) atoms. The Morgan fingerprint density at radius 1 is 1.50 bits per heavy atom. The SMILES string of the molecule is Cc1ccccc1CN(C)C(CN)C(=O)O. The highest BCUT2D eigenvalue weighted by molar-refractivity contribution is 5.73. The van der Waals surface area contributed by atoms with Crippen LogP contribution in [0.5, 0.6) is 0 Å². The van der Waals surface area contributed by atoms with Crippen molar-refractivity contribution in [2.45, 2.75) is 19.5 Å². The predicted octanol–water partition coefficient (Wildman–Crippen LogP) is 0.839. The zero-order chi connectivity index (χ0) is 12.1.